The van der Waals surface area contributed by atoms with Gasteiger partial charge in [-0.1, -0.05) is 53.8 Å². The number of anilines is 1. The SMILES string of the molecule is C[C@]1(C(=O)Nc2nncs2)Cc2sc(-c3ccc(C(=O)N4CCOCC4)cc3)cc2[C@H]1c1ccccc1. The molecule has 9 heteroatoms. The summed E-state index contributed by atoms with van der Waals surface area (Å²) in [5, 5.41) is 11.3. The number of amides is 2. The van der Waals surface area contributed by atoms with Crippen LogP contribution in [0.2, 0.25) is 0 Å². The van der Waals surface area contributed by atoms with Gasteiger partial charge in [-0.2, -0.15) is 0 Å². The van der Waals surface area contributed by atoms with E-state index in [1.54, 1.807) is 16.8 Å². The maximum absolute atomic E-state index is 13.6. The molecule has 0 bridgehead atoms. The minimum atomic E-state index is -0.652. The van der Waals surface area contributed by atoms with Gasteiger partial charge in [-0.15, -0.1) is 21.5 Å². The summed E-state index contributed by atoms with van der Waals surface area (Å²) in [6.45, 7) is 4.48. The number of nitrogens with zero attached hydrogens (tertiary/aromatic N) is 3. The van der Waals surface area contributed by atoms with Crippen LogP contribution >= 0.6 is 22.7 Å². The Labute approximate surface area is 223 Å². The van der Waals surface area contributed by atoms with Crippen LogP contribution in [0.5, 0.6) is 0 Å². The van der Waals surface area contributed by atoms with Crippen LogP contribution in [0.1, 0.15) is 39.2 Å². The van der Waals surface area contributed by atoms with Crippen LogP contribution in [-0.4, -0.2) is 53.2 Å². The van der Waals surface area contributed by atoms with E-state index < -0.39 is 5.41 Å². The molecule has 0 spiro atoms. The lowest BCUT2D eigenvalue weighted by atomic mass is 9.73. The van der Waals surface area contributed by atoms with Gasteiger partial charge in [-0.05, 0) is 48.2 Å². The molecule has 2 aliphatic rings. The van der Waals surface area contributed by atoms with Crippen LogP contribution in [0, 0.1) is 5.41 Å². The predicted octanol–water partition coefficient (Wildman–Crippen LogP) is 5.07. The molecule has 2 atom stereocenters. The van der Waals surface area contributed by atoms with Gasteiger partial charge in [0.05, 0.1) is 18.6 Å². The van der Waals surface area contributed by atoms with E-state index in [9.17, 15) is 9.59 Å². The molecule has 37 heavy (non-hydrogen) atoms. The summed E-state index contributed by atoms with van der Waals surface area (Å²) in [7, 11) is 0. The second-order valence-corrected chi connectivity index (χ2v) is 11.6. The second kappa shape index (κ2) is 9.81. The fourth-order valence-electron chi connectivity index (χ4n) is 5.34. The Balaban J connectivity index is 1.29. The van der Waals surface area contributed by atoms with E-state index in [2.05, 4.69) is 33.7 Å². The zero-order valence-electron chi connectivity index (χ0n) is 20.3. The quantitative estimate of drug-likeness (QED) is 0.389. The molecule has 0 radical (unpaired) electrons. The van der Waals surface area contributed by atoms with E-state index >= 15 is 0 Å². The van der Waals surface area contributed by atoms with Gasteiger partial charge in [0.25, 0.3) is 5.91 Å². The first kappa shape index (κ1) is 24.0. The standard InChI is InChI=1S/C28H26N4O3S2/c1-28(26(34)30-27-31-29-17-36-27)16-23-21(24(28)19-5-3-2-4-6-19)15-22(37-23)18-7-9-20(10-8-18)25(33)32-11-13-35-14-12-32/h2-10,15,17,24H,11-14,16H2,1H3,(H,30,31,34)/t24-,28+/m1/s1. The molecule has 2 amide bonds. The molecule has 1 saturated heterocycles. The average molecular weight is 531 g/mol. The molecule has 2 aromatic carbocycles. The molecule has 7 nitrogen and oxygen atoms in total. The first-order valence-corrected chi connectivity index (χ1v) is 14.0. The highest BCUT2D eigenvalue weighted by Crippen LogP contribution is 2.55. The van der Waals surface area contributed by atoms with Gasteiger partial charge in [0.15, 0.2) is 0 Å². The molecule has 6 rings (SSSR count). The molecule has 1 aliphatic carbocycles. The maximum Gasteiger partial charge on any atom is 0.254 e. The number of benzene rings is 2. The number of carbonyl (C=O) groups excluding carboxylic acids is 2. The normalized spacial score (nSPS) is 21.0. The second-order valence-electron chi connectivity index (χ2n) is 9.61. The van der Waals surface area contributed by atoms with Crippen molar-refractivity contribution in [2.24, 2.45) is 5.41 Å². The molecule has 1 N–H and O–H groups in total. The zero-order chi connectivity index (χ0) is 25.4. The van der Waals surface area contributed by atoms with Gasteiger partial charge in [0.2, 0.25) is 11.0 Å². The third-order valence-corrected chi connectivity index (χ3v) is 9.07. The molecule has 1 aliphatic heterocycles. The number of hydrogen-bond acceptors (Lipinski definition) is 7. The van der Waals surface area contributed by atoms with Gasteiger partial charge in [-0.25, -0.2) is 0 Å². The van der Waals surface area contributed by atoms with Gasteiger partial charge >= 0.3 is 0 Å². The zero-order valence-corrected chi connectivity index (χ0v) is 22.0. The number of nitrogens with one attached hydrogen (secondary N) is 1. The third-order valence-electron chi connectivity index (χ3n) is 7.26. The fourth-order valence-corrected chi connectivity index (χ4v) is 7.16. The summed E-state index contributed by atoms with van der Waals surface area (Å²) in [6, 6.07) is 20.3. The fraction of sp³-hybridized carbons (Fsp3) is 0.286. The molecule has 4 aromatic rings. The Bertz CT molecular complexity index is 1410. The summed E-state index contributed by atoms with van der Waals surface area (Å²) in [4.78, 5) is 30.6. The van der Waals surface area contributed by atoms with Crippen LogP contribution in [0.25, 0.3) is 10.4 Å². The van der Waals surface area contributed by atoms with Crippen molar-refractivity contribution >= 4 is 39.6 Å². The molecule has 0 unspecified atom stereocenters. The van der Waals surface area contributed by atoms with Crippen molar-refractivity contribution in [1.29, 1.82) is 0 Å². The van der Waals surface area contributed by atoms with E-state index in [1.807, 2.05) is 54.3 Å². The van der Waals surface area contributed by atoms with E-state index in [0.717, 1.165) is 16.0 Å². The topological polar surface area (TPSA) is 84.4 Å². The van der Waals surface area contributed by atoms with Crippen molar-refractivity contribution in [3.8, 4) is 10.4 Å². The Morgan fingerprint density at radius 1 is 1.08 bits per heavy atom. The minimum Gasteiger partial charge on any atom is -0.378 e. The number of morpholine rings is 1. The predicted molar refractivity (Wildman–Crippen MR) is 145 cm³/mol. The summed E-state index contributed by atoms with van der Waals surface area (Å²) in [5.41, 5.74) is 5.04. The Morgan fingerprint density at radius 3 is 2.54 bits per heavy atom. The Hall–Kier alpha value is -3.40. The van der Waals surface area contributed by atoms with E-state index in [0.29, 0.717) is 43.4 Å². The number of hydrogen-bond donors (Lipinski definition) is 1. The molecule has 188 valence electrons. The van der Waals surface area contributed by atoms with Gasteiger partial charge in [0, 0.05) is 34.3 Å². The smallest absolute Gasteiger partial charge is 0.254 e. The molecule has 1 fully saturated rings. The van der Waals surface area contributed by atoms with Crippen molar-refractivity contribution in [3.63, 3.8) is 0 Å². The lowest BCUT2D eigenvalue weighted by molar-refractivity contribution is -0.125. The number of thiophene rings is 1. The summed E-state index contributed by atoms with van der Waals surface area (Å²) >= 11 is 3.05. The first-order valence-electron chi connectivity index (χ1n) is 12.3. The molecular weight excluding hydrogens is 504 g/mol. The molecule has 3 heterocycles. The highest BCUT2D eigenvalue weighted by atomic mass is 32.1. The number of carbonyl (C=O) groups is 2. The van der Waals surface area contributed by atoms with Crippen LogP contribution < -0.4 is 5.32 Å². The van der Waals surface area contributed by atoms with Crippen molar-refractivity contribution < 1.29 is 14.3 Å². The van der Waals surface area contributed by atoms with Crippen molar-refractivity contribution in [3.05, 3.63) is 87.7 Å². The highest BCUT2D eigenvalue weighted by Gasteiger charge is 2.50. The Kier molecular flexibility index (Phi) is 6.36. The monoisotopic (exact) mass is 530 g/mol. The highest BCUT2D eigenvalue weighted by molar-refractivity contribution is 7.15. The Morgan fingerprint density at radius 2 is 1.84 bits per heavy atom. The molecule has 2 aromatic heterocycles. The van der Waals surface area contributed by atoms with Crippen LogP contribution in [0.4, 0.5) is 5.13 Å². The van der Waals surface area contributed by atoms with E-state index in [-0.39, 0.29) is 17.7 Å². The van der Waals surface area contributed by atoms with Crippen molar-refractivity contribution in [1.82, 2.24) is 15.1 Å². The van der Waals surface area contributed by atoms with Crippen LogP contribution in [-0.2, 0) is 16.0 Å². The largest absolute Gasteiger partial charge is 0.378 e. The van der Waals surface area contributed by atoms with Crippen molar-refractivity contribution in [2.45, 2.75) is 19.3 Å². The molecule has 0 saturated carbocycles. The minimum absolute atomic E-state index is 0.0462. The van der Waals surface area contributed by atoms with Gasteiger partial charge < -0.3 is 15.0 Å². The number of rotatable bonds is 5. The van der Waals surface area contributed by atoms with Gasteiger partial charge in [0.1, 0.15) is 5.51 Å². The lowest BCUT2D eigenvalue weighted by Gasteiger charge is -2.31. The third kappa shape index (κ3) is 4.47. The average Bonchev–Trinajstić information content (AvgIpc) is 3.65. The molecular formula is C28H26N4O3S2. The number of aromatic nitrogens is 2. The van der Waals surface area contributed by atoms with E-state index in [1.165, 1.54) is 21.8 Å². The first-order chi connectivity index (χ1) is 18.0. The van der Waals surface area contributed by atoms with Crippen LogP contribution in [0.3, 0.4) is 0 Å². The summed E-state index contributed by atoms with van der Waals surface area (Å²) in [5.74, 6) is -0.0808. The summed E-state index contributed by atoms with van der Waals surface area (Å²) < 4.78 is 5.37. The maximum atomic E-state index is 13.6. The van der Waals surface area contributed by atoms with Crippen LogP contribution in [0.15, 0.2) is 66.2 Å². The lowest BCUT2D eigenvalue weighted by Crippen LogP contribution is -2.40. The van der Waals surface area contributed by atoms with Gasteiger partial charge in [-0.3, -0.25) is 9.59 Å². The number of ether oxygens (including phenoxy) is 1. The van der Waals surface area contributed by atoms with Crippen molar-refractivity contribution in [2.75, 3.05) is 31.6 Å². The summed E-state index contributed by atoms with van der Waals surface area (Å²) in [6.07, 6.45) is 0.644. The number of fused-ring (bicyclic) bond motifs is 1. The van der Waals surface area contributed by atoms with E-state index in [4.69, 9.17) is 4.74 Å².